The number of hydrogen-bond donors (Lipinski definition) is 3. The van der Waals surface area contributed by atoms with Crippen LogP contribution in [0.3, 0.4) is 0 Å². The lowest BCUT2D eigenvalue weighted by molar-refractivity contribution is 0.355. The highest BCUT2D eigenvalue weighted by molar-refractivity contribution is 5.93. The third-order valence-electron chi connectivity index (χ3n) is 4.29. The van der Waals surface area contributed by atoms with Crippen molar-refractivity contribution in [2.24, 2.45) is 10.7 Å². The van der Waals surface area contributed by atoms with Crippen LogP contribution in [0, 0.1) is 0 Å². The number of aliphatic imine (C=N–C) groups is 1. The van der Waals surface area contributed by atoms with Crippen LogP contribution in [0.1, 0.15) is 5.56 Å². The first kappa shape index (κ1) is 18.4. The number of aromatic amines is 1. The lowest BCUT2D eigenvalue weighted by atomic mass is 10.1. The molecule has 3 rings (SSSR count). The Morgan fingerprint density at radius 2 is 1.81 bits per heavy atom. The average Bonchev–Trinajstić information content (AvgIpc) is 3.11. The number of fused-ring (bicyclic) bond motifs is 1. The van der Waals surface area contributed by atoms with Crippen molar-refractivity contribution >= 4 is 22.5 Å². The summed E-state index contributed by atoms with van der Waals surface area (Å²) in [6, 6.07) is 11.4. The Labute approximate surface area is 158 Å². The van der Waals surface area contributed by atoms with Gasteiger partial charge in [0.15, 0.2) is 17.5 Å². The van der Waals surface area contributed by atoms with Crippen LogP contribution in [0.4, 0.5) is 5.69 Å². The van der Waals surface area contributed by atoms with Gasteiger partial charge in [0.2, 0.25) is 0 Å². The van der Waals surface area contributed by atoms with Gasteiger partial charge in [-0.05, 0) is 36.2 Å². The monoisotopic (exact) mass is 368 g/mol. The molecule has 0 saturated heterocycles. The van der Waals surface area contributed by atoms with Gasteiger partial charge in [0.25, 0.3) is 0 Å². The molecule has 0 unspecified atom stereocenters. The molecule has 0 aliphatic carbocycles. The zero-order chi connectivity index (χ0) is 19.2. The average molecular weight is 368 g/mol. The Morgan fingerprint density at radius 1 is 1.04 bits per heavy atom. The lowest BCUT2D eigenvalue weighted by Gasteiger charge is -2.11. The van der Waals surface area contributed by atoms with Gasteiger partial charge in [-0.25, -0.2) is 0 Å². The predicted molar refractivity (Wildman–Crippen MR) is 108 cm³/mol. The van der Waals surface area contributed by atoms with Crippen molar-refractivity contribution < 1.29 is 14.2 Å². The fraction of sp³-hybridized carbons (Fsp3) is 0.250. The normalized spacial score (nSPS) is 11.4. The maximum absolute atomic E-state index is 6.01. The number of ether oxygens (including phenoxy) is 3. The Bertz CT molecular complexity index is 950. The molecule has 0 saturated carbocycles. The summed E-state index contributed by atoms with van der Waals surface area (Å²) in [5, 5.41) is 4.15. The second kappa shape index (κ2) is 8.35. The molecule has 3 aromatic rings. The van der Waals surface area contributed by atoms with Crippen molar-refractivity contribution in [3.63, 3.8) is 0 Å². The van der Waals surface area contributed by atoms with E-state index in [4.69, 9.17) is 19.9 Å². The largest absolute Gasteiger partial charge is 0.496 e. The molecular formula is C20H24N4O3. The van der Waals surface area contributed by atoms with Crippen LogP contribution >= 0.6 is 0 Å². The zero-order valence-electron chi connectivity index (χ0n) is 15.7. The molecule has 0 atom stereocenters. The SMILES string of the molecule is COc1ccc(NC(N)=NCCc2c[nH]c3cccc(OC)c23)cc1OC. The van der Waals surface area contributed by atoms with Crippen molar-refractivity contribution in [2.45, 2.75) is 6.42 Å². The van der Waals surface area contributed by atoms with Gasteiger partial charge in [0.05, 0.1) is 21.3 Å². The van der Waals surface area contributed by atoms with Crippen molar-refractivity contribution in [3.8, 4) is 17.2 Å². The predicted octanol–water partition coefficient (Wildman–Crippen LogP) is 3.16. The summed E-state index contributed by atoms with van der Waals surface area (Å²) in [5.74, 6) is 2.48. The van der Waals surface area contributed by atoms with Crippen molar-refractivity contribution in [2.75, 3.05) is 33.2 Å². The molecule has 27 heavy (non-hydrogen) atoms. The van der Waals surface area contributed by atoms with E-state index in [2.05, 4.69) is 15.3 Å². The van der Waals surface area contributed by atoms with Crippen molar-refractivity contribution in [3.05, 3.63) is 48.2 Å². The summed E-state index contributed by atoms with van der Waals surface area (Å²) in [4.78, 5) is 7.67. The maximum Gasteiger partial charge on any atom is 0.193 e. The van der Waals surface area contributed by atoms with E-state index in [1.54, 1.807) is 21.3 Å². The minimum absolute atomic E-state index is 0.342. The minimum Gasteiger partial charge on any atom is -0.496 e. The Morgan fingerprint density at radius 3 is 2.56 bits per heavy atom. The third kappa shape index (κ3) is 4.08. The van der Waals surface area contributed by atoms with E-state index in [1.165, 1.54) is 0 Å². The highest BCUT2D eigenvalue weighted by Gasteiger charge is 2.09. The number of methoxy groups -OCH3 is 3. The first-order valence-corrected chi connectivity index (χ1v) is 8.58. The van der Waals surface area contributed by atoms with Crippen LogP contribution in [0.5, 0.6) is 17.2 Å². The fourth-order valence-corrected chi connectivity index (χ4v) is 2.99. The molecule has 0 aliphatic heterocycles. The molecule has 1 aromatic heterocycles. The Hall–Kier alpha value is -3.35. The highest BCUT2D eigenvalue weighted by Crippen LogP contribution is 2.30. The Kier molecular flexibility index (Phi) is 5.71. The summed E-state index contributed by atoms with van der Waals surface area (Å²) in [5.41, 5.74) is 8.98. The lowest BCUT2D eigenvalue weighted by Crippen LogP contribution is -2.23. The van der Waals surface area contributed by atoms with E-state index in [0.717, 1.165) is 34.3 Å². The van der Waals surface area contributed by atoms with Crippen LogP contribution in [0.25, 0.3) is 10.9 Å². The van der Waals surface area contributed by atoms with E-state index in [1.807, 2.05) is 42.6 Å². The molecular weight excluding hydrogens is 344 g/mol. The number of nitrogens with one attached hydrogen (secondary N) is 2. The highest BCUT2D eigenvalue weighted by atomic mass is 16.5. The van der Waals surface area contributed by atoms with Crippen LogP contribution < -0.4 is 25.3 Å². The fourth-order valence-electron chi connectivity index (χ4n) is 2.99. The molecule has 2 aromatic carbocycles. The summed E-state index contributed by atoms with van der Waals surface area (Å²) in [7, 11) is 4.86. The molecule has 4 N–H and O–H groups in total. The minimum atomic E-state index is 0.342. The standard InChI is InChI=1S/C20H24N4O3/c1-25-16-8-7-14(11-18(16)27-3)24-20(21)22-10-9-13-12-23-15-5-4-6-17(26-2)19(13)15/h4-8,11-12,23H,9-10H2,1-3H3,(H3,21,22,24). The number of benzene rings is 2. The molecule has 1 heterocycles. The van der Waals surface area contributed by atoms with Crippen LogP contribution in [-0.2, 0) is 6.42 Å². The third-order valence-corrected chi connectivity index (χ3v) is 4.29. The van der Waals surface area contributed by atoms with Crippen LogP contribution in [0.2, 0.25) is 0 Å². The molecule has 0 bridgehead atoms. The molecule has 0 amide bonds. The van der Waals surface area contributed by atoms with Gasteiger partial charge in [-0.15, -0.1) is 0 Å². The molecule has 7 nitrogen and oxygen atoms in total. The summed E-state index contributed by atoms with van der Waals surface area (Å²) in [6.45, 7) is 0.553. The number of guanidine groups is 1. The second-order valence-electron chi connectivity index (χ2n) is 5.91. The zero-order valence-corrected chi connectivity index (χ0v) is 15.7. The van der Waals surface area contributed by atoms with Gasteiger partial charge in [-0.3, -0.25) is 4.99 Å². The van der Waals surface area contributed by atoms with Gasteiger partial charge in [0.1, 0.15) is 5.75 Å². The second-order valence-corrected chi connectivity index (χ2v) is 5.91. The summed E-state index contributed by atoms with van der Waals surface area (Å²) >= 11 is 0. The van der Waals surface area contributed by atoms with Crippen LogP contribution in [-0.4, -0.2) is 38.8 Å². The number of aromatic nitrogens is 1. The van der Waals surface area contributed by atoms with E-state index in [-0.39, 0.29) is 0 Å². The summed E-state index contributed by atoms with van der Waals surface area (Å²) in [6.07, 6.45) is 2.73. The Balaban J connectivity index is 1.67. The molecule has 7 heteroatoms. The number of nitrogens with zero attached hydrogens (tertiary/aromatic N) is 1. The molecule has 0 spiro atoms. The van der Waals surface area contributed by atoms with E-state index >= 15 is 0 Å². The van der Waals surface area contributed by atoms with Gasteiger partial charge in [0, 0.05) is 35.4 Å². The van der Waals surface area contributed by atoms with Gasteiger partial charge >= 0.3 is 0 Å². The van der Waals surface area contributed by atoms with E-state index in [9.17, 15) is 0 Å². The van der Waals surface area contributed by atoms with Gasteiger partial charge < -0.3 is 30.2 Å². The van der Waals surface area contributed by atoms with Crippen LogP contribution in [0.15, 0.2) is 47.6 Å². The molecule has 0 radical (unpaired) electrons. The summed E-state index contributed by atoms with van der Waals surface area (Å²) < 4.78 is 16.0. The van der Waals surface area contributed by atoms with E-state index in [0.29, 0.717) is 24.0 Å². The maximum atomic E-state index is 6.01. The van der Waals surface area contributed by atoms with Gasteiger partial charge in [-0.1, -0.05) is 6.07 Å². The smallest absolute Gasteiger partial charge is 0.193 e. The van der Waals surface area contributed by atoms with Crippen molar-refractivity contribution in [1.29, 1.82) is 0 Å². The topological polar surface area (TPSA) is 93.9 Å². The number of hydrogen-bond acceptors (Lipinski definition) is 4. The van der Waals surface area contributed by atoms with E-state index < -0.39 is 0 Å². The molecule has 142 valence electrons. The molecule has 0 fully saturated rings. The number of nitrogens with two attached hydrogens (primary N) is 1. The van der Waals surface area contributed by atoms with Crippen molar-refractivity contribution in [1.82, 2.24) is 4.98 Å². The van der Waals surface area contributed by atoms with Gasteiger partial charge in [-0.2, -0.15) is 0 Å². The number of anilines is 1. The number of H-pyrrole nitrogens is 1. The first-order chi connectivity index (χ1) is 13.2. The first-order valence-electron chi connectivity index (χ1n) is 8.58. The molecule has 0 aliphatic rings. The quantitative estimate of drug-likeness (QED) is 0.440. The number of rotatable bonds is 7.